The topological polar surface area (TPSA) is 12.0 Å². The lowest BCUT2D eigenvalue weighted by molar-refractivity contribution is 0.267. The van der Waals surface area contributed by atoms with Crippen LogP contribution in [0.5, 0.6) is 0 Å². The third kappa shape index (κ3) is 2.10. The van der Waals surface area contributed by atoms with Gasteiger partial charge in [0.05, 0.1) is 0 Å². The van der Waals surface area contributed by atoms with Crippen LogP contribution in [0.2, 0.25) is 0 Å². The highest BCUT2D eigenvalue weighted by Crippen LogP contribution is 2.32. The molecule has 70 valence electrons. The Labute approximate surface area is 76.2 Å². The molecule has 0 radical (unpaired) electrons. The normalized spacial score (nSPS) is 36.3. The molecule has 0 spiro atoms. The molecule has 1 aliphatic rings. The van der Waals surface area contributed by atoms with Gasteiger partial charge in [0, 0.05) is 0 Å². The van der Waals surface area contributed by atoms with E-state index in [1.807, 2.05) is 7.05 Å². The van der Waals surface area contributed by atoms with Crippen molar-refractivity contribution in [1.82, 2.24) is 5.32 Å². The van der Waals surface area contributed by atoms with Crippen LogP contribution in [0.1, 0.15) is 27.2 Å². The fourth-order valence-corrected chi connectivity index (χ4v) is 2.44. The average Bonchev–Trinajstić information content (AvgIpc) is 1.96. The predicted molar refractivity (Wildman–Crippen MR) is 54.1 cm³/mol. The Balaban J connectivity index is 2.62. The van der Waals surface area contributed by atoms with E-state index in [0.717, 1.165) is 24.3 Å². The molecule has 0 bridgehead atoms. The number of rotatable bonds is 2. The van der Waals surface area contributed by atoms with Crippen molar-refractivity contribution in [3.63, 3.8) is 0 Å². The summed E-state index contributed by atoms with van der Waals surface area (Å²) in [5.74, 6) is 2.43. The largest absolute Gasteiger partial charge is 0.319 e. The molecular weight excluding hydrogens is 146 g/mol. The molecule has 1 rings (SSSR count). The molecule has 0 aromatic carbocycles. The van der Waals surface area contributed by atoms with Gasteiger partial charge in [-0.05, 0) is 44.7 Å². The summed E-state index contributed by atoms with van der Waals surface area (Å²) < 4.78 is 0. The lowest BCUT2D eigenvalue weighted by Crippen LogP contribution is -2.31. The lowest BCUT2D eigenvalue weighted by Gasteiger charge is -2.32. The van der Waals surface area contributed by atoms with Gasteiger partial charge in [-0.25, -0.2) is 0 Å². The van der Waals surface area contributed by atoms with Crippen LogP contribution in [-0.4, -0.2) is 13.6 Å². The van der Waals surface area contributed by atoms with Gasteiger partial charge in [0.2, 0.25) is 0 Å². The Morgan fingerprint density at radius 1 is 1.50 bits per heavy atom. The van der Waals surface area contributed by atoms with Crippen molar-refractivity contribution >= 4 is 0 Å². The summed E-state index contributed by atoms with van der Waals surface area (Å²) in [7, 11) is 2.05. The monoisotopic (exact) mass is 167 g/mol. The van der Waals surface area contributed by atoms with E-state index < -0.39 is 0 Å². The van der Waals surface area contributed by atoms with Gasteiger partial charge >= 0.3 is 0 Å². The average molecular weight is 167 g/mol. The van der Waals surface area contributed by atoms with Crippen molar-refractivity contribution in [2.75, 3.05) is 13.6 Å². The van der Waals surface area contributed by atoms with Crippen molar-refractivity contribution in [3.8, 4) is 0 Å². The molecule has 1 heteroatoms. The van der Waals surface area contributed by atoms with Gasteiger partial charge < -0.3 is 5.32 Å². The Morgan fingerprint density at radius 2 is 2.17 bits per heavy atom. The molecule has 0 fully saturated rings. The SMILES string of the molecule is CNC[C@@H]1[C@H](C)C=C(C)C[C@H]1C. The van der Waals surface area contributed by atoms with E-state index in [9.17, 15) is 0 Å². The van der Waals surface area contributed by atoms with Crippen LogP contribution in [0.3, 0.4) is 0 Å². The van der Waals surface area contributed by atoms with Gasteiger partial charge in [0.25, 0.3) is 0 Å². The quantitative estimate of drug-likeness (QED) is 0.623. The molecule has 0 saturated heterocycles. The van der Waals surface area contributed by atoms with E-state index in [-0.39, 0.29) is 0 Å². The molecule has 0 aliphatic heterocycles. The zero-order valence-electron chi connectivity index (χ0n) is 8.72. The Morgan fingerprint density at radius 3 is 2.67 bits per heavy atom. The van der Waals surface area contributed by atoms with Crippen LogP contribution in [0.15, 0.2) is 11.6 Å². The molecule has 1 nitrogen and oxygen atoms in total. The molecule has 0 aromatic heterocycles. The minimum Gasteiger partial charge on any atom is -0.319 e. The van der Waals surface area contributed by atoms with Gasteiger partial charge in [-0.2, -0.15) is 0 Å². The molecule has 0 heterocycles. The number of hydrogen-bond donors (Lipinski definition) is 1. The summed E-state index contributed by atoms with van der Waals surface area (Å²) in [6.45, 7) is 8.12. The molecule has 0 aromatic rings. The highest BCUT2D eigenvalue weighted by atomic mass is 14.8. The minimum absolute atomic E-state index is 0.751. The fraction of sp³-hybridized carbons (Fsp3) is 0.818. The summed E-state index contributed by atoms with van der Waals surface area (Å²) in [6, 6.07) is 0. The third-order valence-corrected chi connectivity index (χ3v) is 3.04. The van der Waals surface area contributed by atoms with Crippen LogP contribution in [-0.2, 0) is 0 Å². The Bertz CT molecular complexity index is 172. The zero-order valence-corrected chi connectivity index (χ0v) is 8.72. The second-order valence-corrected chi connectivity index (χ2v) is 4.28. The highest BCUT2D eigenvalue weighted by Gasteiger charge is 2.25. The van der Waals surface area contributed by atoms with Crippen LogP contribution in [0.25, 0.3) is 0 Å². The van der Waals surface area contributed by atoms with Crippen molar-refractivity contribution in [1.29, 1.82) is 0 Å². The molecule has 0 saturated carbocycles. The van der Waals surface area contributed by atoms with Crippen LogP contribution < -0.4 is 5.32 Å². The van der Waals surface area contributed by atoms with E-state index >= 15 is 0 Å². The first-order valence-corrected chi connectivity index (χ1v) is 4.97. The number of allylic oxidation sites excluding steroid dienone is 2. The van der Waals surface area contributed by atoms with E-state index in [1.165, 1.54) is 6.42 Å². The maximum absolute atomic E-state index is 3.28. The first-order chi connectivity index (χ1) is 5.65. The molecule has 12 heavy (non-hydrogen) atoms. The van der Waals surface area contributed by atoms with Gasteiger partial charge in [-0.15, -0.1) is 0 Å². The summed E-state index contributed by atoms with van der Waals surface area (Å²) in [5, 5.41) is 3.28. The third-order valence-electron chi connectivity index (χ3n) is 3.04. The predicted octanol–water partition coefficient (Wildman–Crippen LogP) is 2.44. The second kappa shape index (κ2) is 4.08. The summed E-state index contributed by atoms with van der Waals surface area (Å²) in [4.78, 5) is 0. The van der Waals surface area contributed by atoms with Crippen LogP contribution in [0, 0.1) is 17.8 Å². The smallest absolute Gasteiger partial charge is 0.00153 e. The molecule has 0 unspecified atom stereocenters. The van der Waals surface area contributed by atoms with Gasteiger partial charge in [-0.1, -0.05) is 25.5 Å². The van der Waals surface area contributed by atoms with Gasteiger partial charge in [0.1, 0.15) is 0 Å². The number of nitrogens with one attached hydrogen (secondary N) is 1. The van der Waals surface area contributed by atoms with Crippen LogP contribution in [0.4, 0.5) is 0 Å². The second-order valence-electron chi connectivity index (χ2n) is 4.28. The van der Waals surface area contributed by atoms with Crippen LogP contribution >= 0.6 is 0 Å². The molecule has 1 N–H and O–H groups in total. The Kier molecular flexibility index (Phi) is 3.33. The first-order valence-electron chi connectivity index (χ1n) is 4.97. The van der Waals surface area contributed by atoms with E-state index in [2.05, 4.69) is 32.2 Å². The maximum atomic E-state index is 3.28. The minimum atomic E-state index is 0.751. The number of hydrogen-bond acceptors (Lipinski definition) is 1. The van der Waals surface area contributed by atoms with Gasteiger partial charge in [0.15, 0.2) is 0 Å². The zero-order chi connectivity index (χ0) is 9.14. The van der Waals surface area contributed by atoms with Crippen molar-refractivity contribution in [2.45, 2.75) is 27.2 Å². The molecular formula is C11H21N. The summed E-state index contributed by atoms with van der Waals surface area (Å²) >= 11 is 0. The van der Waals surface area contributed by atoms with E-state index in [0.29, 0.717) is 0 Å². The first kappa shape index (κ1) is 9.79. The maximum Gasteiger partial charge on any atom is -0.00153 e. The summed E-state index contributed by atoms with van der Waals surface area (Å²) in [6.07, 6.45) is 3.72. The van der Waals surface area contributed by atoms with E-state index in [1.54, 1.807) is 5.57 Å². The molecule has 1 aliphatic carbocycles. The van der Waals surface area contributed by atoms with E-state index in [4.69, 9.17) is 0 Å². The lowest BCUT2D eigenvalue weighted by atomic mass is 9.75. The summed E-state index contributed by atoms with van der Waals surface area (Å²) in [5.41, 5.74) is 1.57. The fourth-order valence-electron chi connectivity index (χ4n) is 2.44. The molecule has 3 atom stereocenters. The molecule has 0 amide bonds. The van der Waals surface area contributed by atoms with Gasteiger partial charge in [-0.3, -0.25) is 0 Å². The van der Waals surface area contributed by atoms with Crippen molar-refractivity contribution in [2.24, 2.45) is 17.8 Å². The van der Waals surface area contributed by atoms with Crippen molar-refractivity contribution in [3.05, 3.63) is 11.6 Å². The Hall–Kier alpha value is -0.300. The standard InChI is InChI=1S/C11H21N/c1-8-5-9(2)11(7-12-4)10(3)6-8/h5,9-12H,6-7H2,1-4H3/t9-,10-,11-/m1/s1. The highest BCUT2D eigenvalue weighted by molar-refractivity contribution is 5.08. The van der Waals surface area contributed by atoms with Crippen molar-refractivity contribution < 1.29 is 0 Å².